The van der Waals surface area contributed by atoms with Gasteiger partial charge in [0.05, 0.1) is 30.5 Å². The molecule has 3 rings (SSSR count). The van der Waals surface area contributed by atoms with E-state index in [1.165, 1.54) is 32.4 Å². The average molecular weight is 514 g/mol. The normalized spacial score (nSPS) is 10.9. The van der Waals surface area contributed by atoms with Gasteiger partial charge in [0.15, 0.2) is 11.5 Å². The van der Waals surface area contributed by atoms with Gasteiger partial charge in [-0.3, -0.25) is 9.59 Å². The van der Waals surface area contributed by atoms with Crippen LogP contribution in [0.4, 0.5) is 10.1 Å². The number of carbonyl (C=O) groups is 3. The molecule has 9 nitrogen and oxygen atoms in total. The maximum absolute atomic E-state index is 13.2. The van der Waals surface area contributed by atoms with Crippen LogP contribution in [0.5, 0.6) is 17.2 Å². The van der Waals surface area contributed by atoms with Gasteiger partial charge in [0.1, 0.15) is 11.6 Å². The lowest BCUT2D eigenvalue weighted by Gasteiger charge is -2.11. The highest BCUT2D eigenvalue weighted by molar-refractivity contribution is 6.40. The maximum atomic E-state index is 13.2. The lowest BCUT2D eigenvalue weighted by Crippen LogP contribution is -2.33. The SMILES string of the molecule is COc1ccc(C(=O)Oc2ccc(/C(C)=N/NC(=O)C(=O)Nc3ccc(F)c(Cl)c3)cc2OC)cc1. The van der Waals surface area contributed by atoms with Crippen molar-refractivity contribution in [3.63, 3.8) is 0 Å². The molecule has 0 heterocycles. The third-order valence-corrected chi connectivity index (χ3v) is 5.11. The van der Waals surface area contributed by atoms with Crippen LogP contribution in [0.25, 0.3) is 0 Å². The predicted octanol–water partition coefficient (Wildman–Crippen LogP) is 4.19. The van der Waals surface area contributed by atoms with E-state index in [1.807, 2.05) is 0 Å². The standard InChI is InChI=1S/C25H21ClFN3O6/c1-14(29-30-24(32)23(31)28-17-7-10-20(27)19(26)13-17)16-6-11-21(22(12-16)35-3)36-25(33)15-4-8-18(34-2)9-5-15/h4-13H,1-3H3,(H,28,31)(H,30,32)/b29-14+. The first kappa shape index (κ1) is 26.2. The fourth-order valence-electron chi connectivity index (χ4n) is 2.87. The summed E-state index contributed by atoms with van der Waals surface area (Å²) in [6.45, 7) is 1.59. The minimum absolute atomic E-state index is 0.145. The number of rotatable bonds is 7. The highest BCUT2D eigenvalue weighted by Crippen LogP contribution is 2.29. The van der Waals surface area contributed by atoms with Crippen LogP contribution in [-0.2, 0) is 9.59 Å². The molecular weight excluding hydrogens is 493 g/mol. The lowest BCUT2D eigenvalue weighted by atomic mass is 10.1. The first-order chi connectivity index (χ1) is 17.2. The zero-order valence-electron chi connectivity index (χ0n) is 19.4. The van der Waals surface area contributed by atoms with Gasteiger partial charge >= 0.3 is 17.8 Å². The van der Waals surface area contributed by atoms with E-state index >= 15 is 0 Å². The average Bonchev–Trinajstić information content (AvgIpc) is 2.89. The van der Waals surface area contributed by atoms with Crippen molar-refractivity contribution in [1.82, 2.24) is 5.43 Å². The molecule has 36 heavy (non-hydrogen) atoms. The molecule has 0 unspecified atom stereocenters. The van der Waals surface area contributed by atoms with E-state index in [4.69, 9.17) is 25.8 Å². The molecule has 2 amide bonds. The monoisotopic (exact) mass is 513 g/mol. The number of hydrazone groups is 1. The fraction of sp³-hybridized carbons (Fsp3) is 0.120. The van der Waals surface area contributed by atoms with E-state index in [1.54, 1.807) is 43.3 Å². The highest BCUT2D eigenvalue weighted by Gasteiger charge is 2.16. The van der Waals surface area contributed by atoms with Crippen molar-refractivity contribution in [1.29, 1.82) is 0 Å². The zero-order valence-corrected chi connectivity index (χ0v) is 20.2. The van der Waals surface area contributed by atoms with E-state index < -0.39 is 23.6 Å². The summed E-state index contributed by atoms with van der Waals surface area (Å²) in [5, 5.41) is 6.00. The Morgan fingerprint density at radius 1 is 0.861 bits per heavy atom. The second-order valence-corrected chi connectivity index (χ2v) is 7.61. The third kappa shape index (κ3) is 6.57. The Hall–Kier alpha value is -4.44. The summed E-state index contributed by atoms with van der Waals surface area (Å²) in [6.07, 6.45) is 0. The number of amides is 2. The van der Waals surface area contributed by atoms with Crippen molar-refractivity contribution in [2.45, 2.75) is 6.92 Å². The van der Waals surface area contributed by atoms with Gasteiger partial charge < -0.3 is 19.5 Å². The number of esters is 1. The Morgan fingerprint density at radius 3 is 2.19 bits per heavy atom. The van der Waals surface area contributed by atoms with Crippen LogP contribution in [0.3, 0.4) is 0 Å². The maximum Gasteiger partial charge on any atom is 0.343 e. The molecule has 0 spiro atoms. The van der Waals surface area contributed by atoms with Crippen LogP contribution in [0.1, 0.15) is 22.8 Å². The number of hydrogen-bond acceptors (Lipinski definition) is 7. The molecule has 0 aliphatic heterocycles. The molecule has 0 atom stereocenters. The van der Waals surface area contributed by atoms with E-state index in [9.17, 15) is 18.8 Å². The summed E-state index contributed by atoms with van der Waals surface area (Å²) in [5.74, 6) is -2.28. The number of methoxy groups -OCH3 is 2. The van der Waals surface area contributed by atoms with Crippen LogP contribution in [0.15, 0.2) is 65.8 Å². The van der Waals surface area contributed by atoms with E-state index in [-0.39, 0.29) is 22.2 Å². The number of nitrogens with zero attached hydrogens (tertiary/aromatic N) is 1. The summed E-state index contributed by atoms with van der Waals surface area (Å²) < 4.78 is 29.1. The Bertz CT molecular complexity index is 1330. The minimum atomic E-state index is -1.05. The van der Waals surface area contributed by atoms with E-state index in [2.05, 4.69) is 15.8 Å². The molecule has 0 aliphatic carbocycles. The van der Waals surface area contributed by atoms with Gasteiger partial charge in [-0.15, -0.1) is 0 Å². The quantitative estimate of drug-likeness (QED) is 0.161. The second-order valence-electron chi connectivity index (χ2n) is 7.20. The first-order valence-electron chi connectivity index (χ1n) is 10.4. The van der Waals surface area contributed by atoms with Crippen LogP contribution >= 0.6 is 11.6 Å². The molecular formula is C25H21ClFN3O6. The first-order valence-corrected chi connectivity index (χ1v) is 10.7. The molecule has 0 saturated heterocycles. The topological polar surface area (TPSA) is 115 Å². The Kier molecular flexibility index (Phi) is 8.58. The van der Waals surface area contributed by atoms with Gasteiger partial charge in [-0.2, -0.15) is 5.10 Å². The smallest absolute Gasteiger partial charge is 0.343 e. The zero-order chi connectivity index (χ0) is 26.2. The summed E-state index contributed by atoms with van der Waals surface area (Å²) in [6, 6.07) is 14.6. The molecule has 0 aromatic heterocycles. The summed E-state index contributed by atoms with van der Waals surface area (Å²) in [5.41, 5.74) is 3.47. The summed E-state index contributed by atoms with van der Waals surface area (Å²) >= 11 is 5.66. The molecule has 0 bridgehead atoms. The van der Waals surface area contributed by atoms with Gasteiger partial charge in [0.25, 0.3) is 0 Å². The number of benzene rings is 3. The molecule has 0 fully saturated rings. The number of anilines is 1. The molecule has 0 saturated carbocycles. The van der Waals surface area contributed by atoms with Crippen molar-refractivity contribution in [2.24, 2.45) is 5.10 Å². The van der Waals surface area contributed by atoms with Crippen LogP contribution in [0.2, 0.25) is 5.02 Å². The number of nitrogens with one attached hydrogen (secondary N) is 2. The molecule has 3 aromatic rings. The van der Waals surface area contributed by atoms with Crippen molar-refractivity contribution in [2.75, 3.05) is 19.5 Å². The third-order valence-electron chi connectivity index (χ3n) is 4.82. The molecule has 2 N–H and O–H groups in total. The van der Waals surface area contributed by atoms with Gasteiger partial charge in [-0.25, -0.2) is 14.6 Å². The minimum Gasteiger partial charge on any atom is -0.497 e. The van der Waals surface area contributed by atoms with Crippen molar-refractivity contribution in [3.8, 4) is 17.2 Å². The summed E-state index contributed by atoms with van der Waals surface area (Å²) in [7, 11) is 2.93. The van der Waals surface area contributed by atoms with E-state index in [0.717, 1.165) is 6.07 Å². The largest absolute Gasteiger partial charge is 0.497 e. The van der Waals surface area contributed by atoms with Crippen LogP contribution in [0, 0.1) is 5.82 Å². The second kappa shape index (κ2) is 11.8. The molecule has 0 aliphatic rings. The van der Waals surface area contributed by atoms with Crippen molar-refractivity contribution in [3.05, 3.63) is 82.6 Å². The number of halogens is 2. The number of carbonyl (C=O) groups excluding carboxylic acids is 3. The lowest BCUT2D eigenvalue weighted by molar-refractivity contribution is -0.136. The van der Waals surface area contributed by atoms with Gasteiger partial charge in [-0.1, -0.05) is 11.6 Å². The van der Waals surface area contributed by atoms with Crippen LogP contribution in [-0.4, -0.2) is 37.7 Å². The fourth-order valence-corrected chi connectivity index (χ4v) is 3.06. The predicted molar refractivity (Wildman–Crippen MR) is 131 cm³/mol. The number of ether oxygens (including phenoxy) is 3. The molecule has 0 radical (unpaired) electrons. The van der Waals surface area contributed by atoms with Crippen LogP contribution < -0.4 is 25.0 Å². The Labute approximate surface area is 210 Å². The van der Waals surface area contributed by atoms with Crippen molar-refractivity contribution >= 4 is 40.8 Å². The number of hydrogen-bond donors (Lipinski definition) is 2. The van der Waals surface area contributed by atoms with Crippen molar-refractivity contribution < 1.29 is 33.0 Å². The molecule has 3 aromatic carbocycles. The molecule has 11 heteroatoms. The molecule has 186 valence electrons. The van der Waals surface area contributed by atoms with Gasteiger partial charge in [0, 0.05) is 11.3 Å². The Balaban J connectivity index is 1.65. The summed E-state index contributed by atoms with van der Waals surface area (Å²) in [4.78, 5) is 36.6. The van der Waals surface area contributed by atoms with E-state index in [0.29, 0.717) is 22.6 Å². The van der Waals surface area contributed by atoms with Gasteiger partial charge in [0.2, 0.25) is 0 Å². The highest BCUT2D eigenvalue weighted by atomic mass is 35.5. The van der Waals surface area contributed by atoms with Gasteiger partial charge in [-0.05, 0) is 67.6 Å². The Morgan fingerprint density at radius 2 is 1.56 bits per heavy atom.